The fourth-order valence-electron chi connectivity index (χ4n) is 2.19. The van der Waals surface area contributed by atoms with E-state index in [1.807, 2.05) is 13.0 Å². The Morgan fingerprint density at radius 2 is 2.12 bits per heavy atom. The normalized spacial score (nSPS) is 10.4. The Hall–Kier alpha value is -2.94. The van der Waals surface area contributed by atoms with Crippen LogP contribution in [0.3, 0.4) is 0 Å². The van der Waals surface area contributed by atoms with Crippen LogP contribution in [0.15, 0.2) is 30.5 Å². The molecule has 1 aromatic carbocycles. The monoisotopic (exact) mass is 349 g/mol. The molecule has 9 heteroatoms. The van der Waals surface area contributed by atoms with E-state index in [1.165, 1.54) is 17.2 Å². The Morgan fingerprint density at radius 1 is 1.36 bits per heavy atom. The van der Waals surface area contributed by atoms with E-state index in [4.69, 9.17) is 4.84 Å². The number of halogens is 1. The minimum Gasteiger partial charge on any atom is -0.385 e. The average molecular weight is 349 g/mol. The summed E-state index contributed by atoms with van der Waals surface area (Å²) in [6.07, 6.45) is 1.69. The Morgan fingerprint density at radius 3 is 2.76 bits per heavy atom. The quantitative estimate of drug-likeness (QED) is 0.558. The molecule has 0 saturated carbocycles. The van der Waals surface area contributed by atoms with Gasteiger partial charge in [0.2, 0.25) is 5.82 Å². The Kier molecular flexibility index (Phi) is 6.07. The van der Waals surface area contributed by atoms with E-state index in [-0.39, 0.29) is 0 Å². The highest BCUT2D eigenvalue weighted by Crippen LogP contribution is 2.24. The van der Waals surface area contributed by atoms with Crippen LogP contribution < -0.4 is 15.7 Å². The van der Waals surface area contributed by atoms with Crippen LogP contribution in [0.1, 0.15) is 12.5 Å². The van der Waals surface area contributed by atoms with Crippen molar-refractivity contribution in [1.29, 1.82) is 0 Å². The number of nitrogens with zero attached hydrogens (tertiary/aromatic N) is 3. The van der Waals surface area contributed by atoms with E-state index in [1.54, 1.807) is 20.4 Å². The van der Waals surface area contributed by atoms with E-state index in [9.17, 15) is 14.5 Å². The van der Waals surface area contributed by atoms with E-state index < -0.39 is 16.4 Å². The maximum absolute atomic E-state index is 13.4. The van der Waals surface area contributed by atoms with E-state index in [0.717, 1.165) is 23.9 Å². The van der Waals surface area contributed by atoms with Crippen LogP contribution in [0, 0.1) is 15.9 Å². The first kappa shape index (κ1) is 18.4. The van der Waals surface area contributed by atoms with Crippen LogP contribution in [0.5, 0.6) is 0 Å². The first-order valence-electron chi connectivity index (χ1n) is 7.64. The highest BCUT2D eigenvalue weighted by Gasteiger charge is 2.14. The maximum atomic E-state index is 13.4. The minimum absolute atomic E-state index is 0.370. The number of nitro groups is 1. The zero-order valence-corrected chi connectivity index (χ0v) is 14.2. The average Bonchev–Trinajstić information content (AvgIpc) is 2.61. The van der Waals surface area contributed by atoms with E-state index >= 15 is 0 Å². The Balaban J connectivity index is 2.19. The molecule has 0 radical (unpaired) electrons. The molecule has 0 unspecified atom stereocenters. The molecule has 2 N–H and O–H groups in total. The standard InChI is InChI=1S/C16H20FN5O3/c1-4-18-14-8-16(21(2)25-3)20-10-11(14)9-19-12-5-6-13(17)15(7-12)22(23)24/h5-8,10,19H,4,9H2,1-3H3,(H,18,20). The van der Waals surface area contributed by atoms with Crippen molar-refractivity contribution in [3.8, 4) is 0 Å². The molecule has 2 rings (SSSR count). The summed E-state index contributed by atoms with van der Waals surface area (Å²) in [5.74, 6) is -0.225. The molecule has 0 amide bonds. The van der Waals surface area contributed by atoms with Crippen LogP contribution >= 0.6 is 0 Å². The van der Waals surface area contributed by atoms with Crippen molar-refractivity contribution >= 4 is 22.9 Å². The van der Waals surface area contributed by atoms with Gasteiger partial charge in [-0.2, -0.15) is 4.39 Å². The van der Waals surface area contributed by atoms with Gasteiger partial charge in [0.05, 0.1) is 12.0 Å². The van der Waals surface area contributed by atoms with Crippen LogP contribution in [0.2, 0.25) is 0 Å². The third-order valence-electron chi connectivity index (χ3n) is 3.56. The Labute approximate surface area is 144 Å². The van der Waals surface area contributed by atoms with Gasteiger partial charge in [0.15, 0.2) is 5.82 Å². The van der Waals surface area contributed by atoms with Gasteiger partial charge in [0.25, 0.3) is 0 Å². The van der Waals surface area contributed by atoms with E-state index in [2.05, 4.69) is 15.6 Å². The smallest absolute Gasteiger partial charge is 0.306 e. The summed E-state index contributed by atoms with van der Waals surface area (Å²) in [5.41, 5.74) is 1.61. The lowest BCUT2D eigenvalue weighted by Crippen LogP contribution is -2.17. The second-order valence-corrected chi connectivity index (χ2v) is 5.19. The SMILES string of the molecule is CCNc1cc(N(C)OC)ncc1CNc1ccc(F)c([N+](=O)[O-])c1. The number of rotatable bonds is 8. The van der Waals surface area contributed by atoms with Crippen molar-refractivity contribution < 1.29 is 14.2 Å². The lowest BCUT2D eigenvalue weighted by atomic mass is 10.2. The molecule has 134 valence electrons. The molecule has 0 fully saturated rings. The molecule has 0 saturated heterocycles. The highest BCUT2D eigenvalue weighted by molar-refractivity contribution is 5.59. The summed E-state index contributed by atoms with van der Waals surface area (Å²) < 4.78 is 13.4. The predicted octanol–water partition coefficient (Wildman–Crippen LogP) is 3.17. The number of nitro benzene ring substituents is 1. The molecule has 1 aromatic heterocycles. The van der Waals surface area contributed by atoms with Crippen molar-refractivity contribution in [2.24, 2.45) is 0 Å². The van der Waals surface area contributed by atoms with Crippen molar-refractivity contribution in [2.75, 3.05) is 36.4 Å². The number of hydroxylamine groups is 1. The van der Waals surface area contributed by atoms with Gasteiger partial charge in [0.1, 0.15) is 0 Å². The largest absolute Gasteiger partial charge is 0.385 e. The summed E-state index contributed by atoms with van der Waals surface area (Å²) in [5, 5.41) is 18.6. The van der Waals surface area contributed by atoms with Crippen LogP contribution in [0.4, 0.5) is 27.3 Å². The van der Waals surface area contributed by atoms with Crippen molar-refractivity contribution in [2.45, 2.75) is 13.5 Å². The molecule has 2 aromatic rings. The summed E-state index contributed by atoms with van der Waals surface area (Å²) in [6.45, 7) is 3.06. The second kappa shape index (κ2) is 8.25. The zero-order valence-electron chi connectivity index (χ0n) is 14.2. The fourth-order valence-corrected chi connectivity index (χ4v) is 2.19. The van der Waals surface area contributed by atoms with Crippen LogP contribution in [0.25, 0.3) is 0 Å². The van der Waals surface area contributed by atoms with Gasteiger partial charge in [-0.05, 0) is 19.1 Å². The number of hydrogen-bond acceptors (Lipinski definition) is 7. The number of hydrogen-bond donors (Lipinski definition) is 2. The molecule has 25 heavy (non-hydrogen) atoms. The molecule has 8 nitrogen and oxygen atoms in total. The number of anilines is 3. The zero-order chi connectivity index (χ0) is 18.4. The number of benzene rings is 1. The van der Waals surface area contributed by atoms with Crippen molar-refractivity contribution in [3.63, 3.8) is 0 Å². The lowest BCUT2D eigenvalue weighted by Gasteiger charge is -2.18. The molecule has 0 aliphatic carbocycles. The molecule has 0 atom stereocenters. The topological polar surface area (TPSA) is 92.6 Å². The van der Waals surface area contributed by atoms with Crippen LogP contribution in [-0.4, -0.2) is 30.6 Å². The molecule has 1 heterocycles. The maximum Gasteiger partial charge on any atom is 0.306 e. The fraction of sp³-hybridized carbons (Fsp3) is 0.312. The van der Waals surface area contributed by atoms with Gasteiger partial charge in [-0.15, -0.1) is 0 Å². The summed E-state index contributed by atoms with van der Waals surface area (Å²) in [7, 11) is 3.29. The number of aromatic nitrogens is 1. The van der Waals surface area contributed by atoms with Crippen molar-refractivity contribution in [1.82, 2.24) is 4.98 Å². The molecular formula is C16H20FN5O3. The van der Waals surface area contributed by atoms with Gasteiger partial charge >= 0.3 is 5.69 Å². The number of nitrogens with one attached hydrogen (secondary N) is 2. The van der Waals surface area contributed by atoms with Crippen molar-refractivity contribution in [3.05, 3.63) is 52.0 Å². The predicted molar refractivity (Wildman–Crippen MR) is 94.2 cm³/mol. The first-order chi connectivity index (χ1) is 12.0. The Bertz CT molecular complexity index is 757. The first-order valence-corrected chi connectivity index (χ1v) is 7.64. The molecule has 0 bridgehead atoms. The minimum atomic E-state index is -0.863. The van der Waals surface area contributed by atoms with Gasteiger partial charge in [-0.3, -0.25) is 15.0 Å². The van der Waals surface area contributed by atoms with Gasteiger partial charge in [-0.25, -0.2) is 10.0 Å². The third kappa shape index (κ3) is 4.54. The molecule has 0 spiro atoms. The van der Waals surface area contributed by atoms with E-state index in [0.29, 0.717) is 18.1 Å². The second-order valence-electron chi connectivity index (χ2n) is 5.19. The summed E-state index contributed by atoms with van der Waals surface area (Å²) in [4.78, 5) is 19.5. The highest BCUT2D eigenvalue weighted by atomic mass is 19.1. The molecule has 0 aliphatic heterocycles. The van der Waals surface area contributed by atoms with Gasteiger partial charge in [-0.1, -0.05) is 0 Å². The lowest BCUT2D eigenvalue weighted by molar-refractivity contribution is -0.387. The summed E-state index contributed by atoms with van der Waals surface area (Å²) >= 11 is 0. The van der Waals surface area contributed by atoms with Crippen LogP contribution in [-0.2, 0) is 11.4 Å². The van der Waals surface area contributed by atoms with Gasteiger partial charge < -0.3 is 10.6 Å². The summed E-state index contributed by atoms with van der Waals surface area (Å²) in [6, 6.07) is 5.54. The molecular weight excluding hydrogens is 329 g/mol. The third-order valence-corrected chi connectivity index (χ3v) is 3.56. The van der Waals surface area contributed by atoms with Gasteiger partial charge in [0, 0.05) is 55.4 Å². The number of pyridine rings is 1. The molecule has 0 aliphatic rings.